The monoisotopic (exact) mass is 216 g/mol. The number of carbonyl (C=O) groups is 1. The lowest BCUT2D eigenvalue weighted by atomic mass is 10.00. The van der Waals surface area contributed by atoms with Crippen LogP contribution in [0.2, 0.25) is 0 Å². The molecule has 0 rings (SSSR count). The van der Waals surface area contributed by atoms with Gasteiger partial charge in [0.05, 0.1) is 0 Å². The molecule has 4 heteroatoms. The molecule has 0 bridgehead atoms. The van der Waals surface area contributed by atoms with Gasteiger partial charge in [-0.25, -0.2) is 0 Å². The molecule has 0 saturated carbocycles. The smallest absolute Gasteiger partial charge is 0.220 e. The molecule has 0 saturated heterocycles. The molecule has 0 unspecified atom stereocenters. The summed E-state index contributed by atoms with van der Waals surface area (Å²) in [5.74, 6) is 0.0741. The van der Waals surface area contributed by atoms with Gasteiger partial charge in [-0.3, -0.25) is 4.79 Å². The summed E-state index contributed by atoms with van der Waals surface area (Å²) in [7, 11) is 0. The molecule has 0 aromatic heterocycles. The van der Waals surface area contributed by atoms with Crippen LogP contribution in [0.3, 0.4) is 0 Å². The van der Waals surface area contributed by atoms with Gasteiger partial charge in [0.25, 0.3) is 0 Å². The lowest BCUT2D eigenvalue weighted by molar-refractivity contribution is -0.121. The molecule has 90 valence electrons. The quantitative estimate of drug-likeness (QED) is 0.596. The Morgan fingerprint density at radius 2 is 2.13 bits per heavy atom. The standard InChI is InChI=1S/C11H24N2O2/c1-4-15-9-5-8-13-10(14)6-7-11(2,3)12/h4-9,12H2,1-3H3,(H,13,14). The molecular weight excluding hydrogens is 192 g/mol. The highest BCUT2D eigenvalue weighted by atomic mass is 16.5. The fourth-order valence-electron chi connectivity index (χ4n) is 1.07. The Morgan fingerprint density at radius 3 is 2.67 bits per heavy atom. The first-order chi connectivity index (χ1) is 6.95. The largest absolute Gasteiger partial charge is 0.382 e. The first-order valence-electron chi connectivity index (χ1n) is 5.59. The summed E-state index contributed by atoms with van der Waals surface area (Å²) in [6, 6.07) is 0. The number of rotatable bonds is 8. The van der Waals surface area contributed by atoms with E-state index in [1.54, 1.807) is 0 Å². The van der Waals surface area contributed by atoms with Crippen molar-refractivity contribution in [2.75, 3.05) is 19.8 Å². The zero-order valence-electron chi connectivity index (χ0n) is 10.1. The summed E-state index contributed by atoms with van der Waals surface area (Å²) in [5, 5.41) is 2.84. The fourth-order valence-corrected chi connectivity index (χ4v) is 1.07. The van der Waals surface area contributed by atoms with E-state index in [2.05, 4.69) is 5.32 Å². The SMILES string of the molecule is CCOCCCNC(=O)CCC(C)(C)N. The van der Waals surface area contributed by atoms with Crippen LogP contribution in [0, 0.1) is 0 Å². The zero-order chi connectivity index (χ0) is 11.7. The van der Waals surface area contributed by atoms with E-state index >= 15 is 0 Å². The van der Waals surface area contributed by atoms with Crippen LogP contribution in [0.15, 0.2) is 0 Å². The Balaban J connectivity index is 3.34. The van der Waals surface area contributed by atoms with Crippen molar-refractivity contribution < 1.29 is 9.53 Å². The van der Waals surface area contributed by atoms with Crippen molar-refractivity contribution >= 4 is 5.91 Å². The molecule has 0 fully saturated rings. The summed E-state index contributed by atoms with van der Waals surface area (Å²) in [5.41, 5.74) is 5.52. The van der Waals surface area contributed by atoms with Gasteiger partial charge in [0.2, 0.25) is 5.91 Å². The Bertz CT molecular complexity index is 176. The minimum Gasteiger partial charge on any atom is -0.382 e. The second-order valence-electron chi connectivity index (χ2n) is 4.39. The van der Waals surface area contributed by atoms with Crippen LogP contribution in [-0.4, -0.2) is 31.2 Å². The normalized spacial score (nSPS) is 11.5. The topological polar surface area (TPSA) is 64.3 Å². The van der Waals surface area contributed by atoms with Crippen molar-refractivity contribution in [2.45, 2.75) is 45.6 Å². The number of hydrogen-bond acceptors (Lipinski definition) is 3. The molecule has 0 aliphatic heterocycles. The molecule has 0 aliphatic rings. The lowest BCUT2D eigenvalue weighted by Crippen LogP contribution is -2.34. The predicted molar refractivity (Wildman–Crippen MR) is 61.6 cm³/mol. The highest BCUT2D eigenvalue weighted by Crippen LogP contribution is 2.06. The van der Waals surface area contributed by atoms with Gasteiger partial charge in [0, 0.05) is 31.7 Å². The summed E-state index contributed by atoms with van der Waals surface area (Å²) >= 11 is 0. The highest BCUT2D eigenvalue weighted by Gasteiger charge is 2.12. The maximum absolute atomic E-state index is 11.3. The van der Waals surface area contributed by atoms with Gasteiger partial charge in [-0.05, 0) is 33.6 Å². The molecule has 0 atom stereocenters. The first-order valence-corrected chi connectivity index (χ1v) is 5.59. The highest BCUT2D eigenvalue weighted by molar-refractivity contribution is 5.75. The Morgan fingerprint density at radius 1 is 1.47 bits per heavy atom. The second-order valence-corrected chi connectivity index (χ2v) is 4.39. The molecule has 0 aliphatic carbocycles. The number of carbonyl (C=O) groups excluding carboxylic acids is 1. The molecule has 1 amide bonds. The van der Waals surface area contributed by atoms with Gasteiger partial charge >= 0.3 is 0 Å². The van der Waals surface area contributed by atoms with Gasteiger partial charge in [0.15, 0.2) is 0 Å². The fraction of sp³-hybridized carbons (Fsp3) is 0.909. The average molecular weight is 216 g/mol. The number of nitrogens with one attached hydrogen (secondary N) is 1. The van der Waals surface area contributed by atoms with E-state index in [1.807, 2.05) is 20.8 Å². The maximum Gasteiger partial charge on any atom is 0.220 e. The number of amides is 1. The van der Waals surface area contributed by atoms with Crippen LogP contribution < -0.4 is 11.1 Å². The third-order valence-electron chi connectivity index (χ3n) is 1.99. The van der Waals surface area contributed by atoms with Crippen molar-refractivity contribution in [3.8, 4) is 0 Å². The summed E-state index contributed by atoms with van der Waals surface area (Å²) in [4.78, 5) is 11.3. The van der Waals surface area contributed by atoms with Crippen molar-refractivity contribution in [3.05, 3.63) is 0 Å². The average Bonchev–Trinajstić information content (AvgIpc) is 2.13. The van der Waals surface area contributed by atoms with Crippen LogP contribution in [-0.2, 0) is 9.53 Å². The van der Waals surface area contributed by atoms with Gasteiger partial charge in [0.1, 0.15) is 0 Å². The van der Waals surface area contributed by atoms with E-state index in [0.717, 1.165) is 13.0 Å². The van der Waals surface area contributed by atoms with Gasteiger partial charge in [-0.15, -0.1) is 0 Å². The van der Waals surface area contributed by atoms with Crippen LogP contribution in [0.5, 0.6) is 0 Å². The number of nitrogens with two attached hydrogens (primary N) is 1. The Kier molecular flexibility index (Phi) is 7.34. The van der Waals surface area contributed by atoms with Crippen molar-refractivity contribution in [1.82, 2.24) is 5.32 Å². The number of hydrogen-bond donors (Lipinski definition) is 2. The third kappa shape index (κ3) is 11.3. The first kappa shape index (κ1) is 14.4. The maximum atomic E-state index is 11.3. The Hall–Kier alpha value is -0.610. The number of ether oxygens (including phenoxy) is 1. The van der Waals surface area contributed by atoms with Crippen LogP contribution >= 0.6 is 0 Å². The molecule has 3 N–H and O–H groups in total. The van der Waals surface area contributed by atoms with Crippen LogP contribution in [0.1, 0.15) is 40.0 Å². The molecule has 0 aromatic carbocycles. The van der Waals surface area contributed by atoms with Gasteiger partial charge in [-0.2, -0.15) is 0 Å². The molecule has 0 spiro atoms. The van der Waals surface area contributed by atoms with E-state index in [9.17, 15) is 4.79 Å². The summed E-state index contributed by atoms with van der Waals surface area (Å²) < 4.78 is 5.16. The third-order valence-corrected chi connectivity index (χ3v) is 1.99. The van der Waals surface area contributed by atoms with Gasteiger partial charge in [-0.1, -0.05) is 0 Å². The van der Waals surface area contributed by atoms with E-state index in [-0.39, 0.29) is 11.4 Å². The second kappa shape index (κ2) is 7.65. The Labute approximate surface area is 92.6 Å². The van der Waals surface area contributed by atoms with Crippen molar-refractivity contribution in [2.24, 2.45) is 5.73 Å². The molecular formula is C11H24N2O2. The minimum atomic E-state index is -0.261. The van der Waals surface area contributed by atoms with Crippen LogP contribution in [0.4, 0.5) is 0 Å². The van der Waals surface area contributed by atoms with Gasteiger partial charge < -0.3 is 15.8 Å². The molecule has 15 heavy (non-hydrogen) atoms. The van der Waals surface area contributed by atoms with E-state index in [0.29, 0.717) is 26.0 Å². The predicted octanol–water partition coefficient (Wildman–Crippen LogP) is 1.05. The molecule has 4 nitrogen and oxygen atoms in total. The van der Waals surface area contributed by atoms with Crippen molar-refractivity contribution in [1.29, 1.82) is 0 Å². The van der Waals surface area contributed by atoms with E-state index in [4.69, 9.17) is 10.5 Å². The van der Waals surface area contributed by atoms with Crippen molar-refractivity contribution in [3.63, 3.8) is 0 Å². The summed E-state index contributed by atoms with van der Waals surface area (Å²) in [6.07, 6.45) is 2.08. The van der Waals surface area contributed by atoms with E-state index < -0.39 is 0 Å². The summed E-state index contributed by atoms with van der Waals surface area (Å²) in [6.45, 7) is 7.94. The lowest BCUT2D eigenvalue weighted by Gasteiger charge is -2.17. The minimum absolute atomic E-state index is 0.0741. The molecule has 0 heterocycles. The van der Waals surface area contributed by atoms with E-state index in [1.165, 1.54) is 0 Å². The molecule has 0 aromatic rings. The molecule has 0 radical (unpaired) electrons. The zero-order valence-corrected chi connectivity index (χ0v) is 10.1. The van der Waals surface area contributed by atoms with Crippen LogP contribution in [0.25, 0.3) is 0 Å².